The van der Waals surface area contributed by atoms with Gasteiger partial charge >= 0.3 is 6.18 Å². The fraction of sp³-hybridized carbons (Fsp3) is 0.294. The molecule has 3 rings (SSSR count). The van der Waals surface area contributed by atoms with E-state index in [1.54, 1.807) is 4.90 Å². The number of rotatable bonds is 4. The summed E-state index contributed by atoms with van der Waals surface area (Å²) < 4.78 is 49.0. The van der Waals surface area contributed by atoms with E-state index in [0.717, 1.165) is 18.2 Å². The molecule has 2 aromatic rings. The third-order valence-electron chi connectivity index (χ3n) is 3.98. The van der Waals surface area contributed by atoms with Gasteiger partial charge in [0.2, 0.25) is 0 Å². The van der Waals surface area contributed by atoms with Crippen molar-refractivity contribution in [2.75, 3.05) is 31.2 Å². The van der Waals surface area contributed by atoms with Crippen LogP contribution in [0.5, 0.6) is 11.5 Å². The number of hydrogen-bond donors (Lipinski definition) is 0. The normalized spacial score (nSPS) is 14.9. The standard InChI is InChI=1S/C17H14ClF3N2O4/c18-13-9-11(17(19,20)21)1-4-16(13)27-12-2-3-14(23(24)25)15(10-12)22-5-7-26-8-6-22/h1-4,9-10H,5-8H2. The van der Waals surface area contributed by atoms with Gasteiger partial charge in [-0.1, -0.05) is 11.6 Å². The van der Waals surface area contributed by atoms with Crippen LogP contribution in [0.25, 0.3) is 0 Å². The molecule has 10 heteroatoms. The third kappa shape index (κ3) is 4.42. The first-order valence-corrected chi connectivity index (χ1v) is 8.29. The van der Waals surface area contributed by atoms with Crippen molar-refractivity contribution >= 4 is 23.0 Å². The second-order valence-electron chi connectivity index (χ2n) is 5.75. The first-order chi connectivity index (χ1) is 12.8. The number of anilines is 1. The van der Waals surface area contributed by atoms with Crippen LogP contribution >= 0.6 is 11.6 Å². The zero-order valence-corrected chi connectivity index (χ0v) is 14.6. The number of ether oxygens (including phenoxy) is 2. The SMILES string of the molecule is O=[N+]([O-])c1ccc(Oc2ccc(C(F)(F)F)cc2Cl)cc1N1CCOCC1. The summed E-state index contributed by atoms with van der Waals surface area (Å²) >= 11 is 5.90. The van der Waals surface area contributed by atoms with E-state index in [0.29, 0.717) is 32.0 Å². The highest BCUT2D eigenvalue weighted by Gasteiger charge is 2.31. The van der Waals surface area contributed by atoms with E-state index in [9.17, 15) is 23.3 Å². The second-order valence-corrected chi connectivity index (χ2v) is 6.16. The largest absolute Gasteiger partial charge is 0.456 e. The molecule has 144 valence electrons. The molecule has 0 spiro atoms. The minimum Gasteiger partial charge on any atom is -0.456 e. The summed E-state index contributed by atoms with van der Waals surface area (Å²) in [6.45, 7) is 1.83. The van der Waals surface area contributed by atoms with Gasteiger partial charge in [-0.15, -0.1) is 0 Å². The number of hydrogen-bond acceptors (Lipinski definition) is 5. The maximum atomic E-state index is 12.7. The van der Waals surface area contributed by atoms with E-state index in [2.05, 4.69) is 0 Å². The molecular weight excluding hydrogens is 389 g/mol. The number of nitrogens with zero attached hydrogens (tertiary/aromatic N) is 2. The summed E-state index contributed by atoms with van der Waals surface area (Å²) in [5.41, 5.74) is -0.635. The van der Waals surface area contributed by atoms with Gasteiger partial charge in [0, 0.05) is 25.2 Å². The van der Waals surface area contributed by atoms with Crippen molar-refractivity contribution < 1.29 is 27.6 Å². The van der Waals surface area contributed by atoms with Gasteiger partial charge in [0.25, 0.3) is 5.69 Å². The summed E-state index contributed by atoms with van der Waals surface area (Å²) in [5.74, 6) is 0.246. The van der Waals surface area contributed by atoms with Crippen LogP contribution in [0, 0.1) is 10.1 Å². The predicted molar refractivity (Wildman–Crippen MR) is 92.7 cm³/mol. The monoisotopic (exact) mass is 402 g/mol. The molecule has 1 saturated heterocycles. The highest BCUT2D eigenvalue weighted by molar-refractivity contribution is 6.32. The molecule has 0 unspecified atom stereocenters. The van der Waals surface area contributed by atoms with Crippen LogP contribution in [0.3, 0.4) is 0 Å². The Kier molecular flexibility index (Phi) is 5.43. The fourth-order valence-corrected chi connectivity index (χ4v) is 2.88. The molecule has 0 aliphatic carbocycles. The Labute approximate surface area is 157 Å². The van der Waals surface area contributed by atoms with Gasteiger partial charge in [0.15, 0.2) is 0 Å². The number of nitro benzene ring substituents is 1. The maximum absolute atomic E-state index is 12.7. The van der Waals surface area contributed by atoms with Gasteiger partial charge < -0.3 is 14.4 Å². The molecule has 2 aromatic carbocycles. The van der Waals surface area contributed by atoms with Crippen molar-refractivity contribution in [3.8, 4) is 11.5 Å². The Balaban J connectivity index is 1.90. The average molecular weight is 403 g/mol. The van der Waals surface area contributed by atoms with Crippen LogP contribution in [0.15, 0.2) is 36.4 Å². The molecule has 0 aromatic heterocycles. The molecule has 1 aliphatic rings. The van der Waals surface area contributed by atoms with E-state index in [1.807, 2.05) is 0 Å². The van der Waals surface area contributed by atoms with Crippen LogP contribution in [0.1, 0.15) is 5.56 Å². The molecule has 0 radical (unpaired) electrons. The van der Waals surface area contributed by atoms with E-state index in [-0.39, 0.29) is 22.2 Å². The summed E-state index contributed by atoms with van der Waals surface area (Å²) in [6, 6.07) is 6.87. The van der Waals surface area contributed by atoms with Crippen molar-refractivity contribution in [2.24, 2.45) is 0 Å². The number of alkyl halides is 3. The Morgan fingerprint density at radius 1 is 1.15 bits per heavy atom. The van der Waals surface area contributed by atoms with Crippen molar-refractivity contribution in [2.45, 2.75) is 6.18 Å². The lowest BCUT2D eigenvalue weighted by atomic mass is 10.2. The summed E-state index contributed by atoms with van der Waals surface area (Å²) in [7, 11) is 0. The van der Waals surface area contributed by atoms with E-state index >= 15 is 0 Å². The first kappa shape index (κ1) is 19.2. The van der Waals surface area contributed by atoms with E-state index < -0.39 is 16.7 Å². The topological polar surface area (TPSA) is 64.8 Å². The summed E-state index contributed by atoms with van der Waals surface area (Å²) in [6.07, 6.45) is -4.51. The highest BCUT2D eigenvalue weighted by atomic mass is 35.5. The number of halogens is 4. The summed E-state index contributed by atoms with van der Waals surface area (Å²) in [5, 5.41) is 11.1. The number of nitro groups is 1. The van der Waals surface area contributed by atoms with Crippen LogP contribution in [-0.4, -0.2) is 31.2 Å². The van der Waals surface area contributed by atoms with Crippen LogP contribution in [-0.2, 0) is 10.9 Å². The van der Waals surface area contributed by atoms with Crippen LogP contribution < -0.4 is 9.64 Å². The van der Waals surface area contributed by atoms with Gasteiger partial charge in [-0.3, -0.25) is 10.1 Å². The lowest BCUT2D eigenvalue weighted by molar-refractivity contribution is -0.384. The van der Waals surface area contributed by atoms with Gasteiger partial charge in [-0.05, 0) is 24.3 Å². The Bertz CT molecular complexity index is 855. The molecule has 0 saturated carbocycles. The van der Waals surface area contributed by atoms with Crippen molar-refractivity contribution in [1.29, 1.82) is 0 Å². The molecule has 0 amide bonds. The smallest absolute Gasteiger partial charge is 0.416 e. The zero-order chi connectivity index (χ0) is 19.6. The first-order valence-electron chi connectivity index (χ1n) is 7.91. The number of benzene rings is 2. The molecule has 1 heterocycles. The third-order valence-corrected chi connectivity index (χ3v) is 4.28. The quantitative estimate of drug-likeness (QED) is 0.538. The summed E-state index contributed by atoms with van der Waals surface area (Å²) in [4.78, 5) is 12.6. The Morgan fingerprint density at radius 2 is 1.85 bits per heavy atom. The lowest BCUT2D eigenvalue weighted by Gasteiger charge is -2.28. The molecule has 0 bridgehead atoms. The van der Waals surface area contributed by atoms with Crippen molar-refractivity contribution in [1.82, 2.24) is 0 Å². The molecular formula is C17H14ClF3N2O4. The van der Waals surface area contributed by atoms with Gasteiger partial charge in [0.05, 0.1) is 28.7 Å². The molecule has 1 fully saturated rings. The van der Waals surface area contributed by atoms with Crippen molar-refractivity contribution in [3.05, 3.63) is 57.1 Å². The molecule has 0 atom stereocenters. The van der Waals surface area contributed by atoms with Gasteiger partial charge in [0.1, 0.15) is 17.2 Å². The van der Waals surface area contributed by atoms with E-state index in [4.69, 9.17) is 21.1 Å². The van der Waals surface area contributed by atoms with E-state index in [1.165, 1.54) is 18.2 Å². The minimum absolute atomic E-state index is 0.0199. The molecule has 6 nitrogen and oxygen atoms in total. The Hall–Kier alpha value is -2.52. The molecule has 1 aliphatic heterocycles. The number of morpholine rings is 1. The predicted octanol–water partition coefficient (Wildman–Crippen LogP) is 4.90. The maximum Gasteiger partial charge on any atom is 0.416 e. The Morgan fingerprint density at radius 3 is 2.44 bits per heavy atom. The highest BCUT2D eigenvalue weighted by Crippen LogP contribution is 2.38. The van der Waals surface area contributed by atoms with Crippen molar-refractivity contribution in [3.63, 3.8) is 0 Å². The van der Waals surface area contributed by atoms with Crippen LogP contribution in [0.4, 0.5) is 24.5 Å². The minimum atomic E-state index is -4.51. The molecule has 27 heavy (non-hydrogen) atoms. The van der Waals surface area contributed by atoms with Crippen LogP contribution in [0.2, 0.25) is 5.02 Å². The van der Waals surface area contributed by atoms with Gasteiger partial charge in [-0.2, -0.15) is 13.2 Å². The average Bonchev–Trinajstić information content (AvgIpc) is 2.63. The zero-order valence-electron chi connectivity index (χ0n) is 13.8. The fourth-order valence-electron chi connectivity index (χ4n) is 2.67. The van der Waals surface area contributed by atoms with Gasteiger partial charge in [-0.25, -0.2) is 0 Å². The lowest BCUT2D eigenvalue weighted by Crippen LogP contribution is -2.36. The molecule has 0 N–H and O–H groups in total. The second kappa shape index (κ2) is 7.61.